The van der Waals surface area contributed by atoms with Crippen molar-refractivity contribution in [2.24, 2.45) is 0 Å². The molecule has 1 aromatic carbocycles. The van der Waals surface area contributed by atoms with E-state index in [1.165, 1.54) is 0 Å². The molecule has 3 heterocycles. The quantitative estimate of drug-likeness (QED) is 0.419. The number of tetrazole rings is 1. The largest absolute Gasteiger partial charge is 0.439 e. The van der Waals surface area contributed by atoms with Crippen LogP contribution in [0.15, 0.2) is 47.8 Å². The van der Waals surface area contributed by atoms with E-state index in [9.17, 15) is 18.0 Å². The van der Waals surface area contributed by atoms with E-state index >= 15 is 0 Å². The van der Waals surface area contributed by atoms with E-state index in [0.29, 0.717) is 42.6 Å². The summed E-state index contributed by atoms with van der Waals surface area (Å²) in [6.45, 7) is 2.65. The SMILES string of the molecule is CN(C)CCn1nnnc1SC1CCN(C(=O)Oc2ccc(Oc3ccc(C(F)(F)F)cn3)cc2)CC1. The number of piperidine rings is 1. The topological polar surface area (TPSA) is 98.5 Å². The predicted molar refractivity (Wildman–Crippen MR) is 129 cm³/mol. The molecule has 1 aliphatic heterocycles. The van der Waals surface area contributed by atoms with Gasteiger partial charge in [-0.05, 0) is 67.7 Å². The van der Waals surface area contributed by atoms with E-state index in [1.54, 1.807) is 45.6 Å². The molecule has 37 heavy (non-hydrogen) atoms. The third-order valence-electron chi connectivity index (χ3n) is 5.55. The number of carbonyl (C=O) groups excluding carboxylic acids is 1. The number of halogens is 3. The average Bonchev–Trinajstić information content (AvgIpc) is 3.31. The van der Waals surface area contributed by atoms with Crippen molar-refractivity contribution in [3.05, 3.63) is 48.2 Å². The number of amides is 1. The number of rotatable bonds is 8. The molecule has 0 unspecified atom stereocenters. The molecular weight excluding hydrogens is 511 g/mol. The van der Waals surface area contributed by atoms with Gasteiger partial charge in [0.15, 0.2) is 0 Å². The van der Waals surface area contributed by atoms with Crippen molar-refractivity contribution in [1.29, 1.82) is 0 Å². The molecule has 198 valence electrons. The number of thioether (sulfide) groups is 1. The summed E-state index contributed by atoms with van der Waals surface area (Å²) in [4.78, 5) is 20.0. The molecule has 2 aromatic heterocycles. The van der Waals surface area contributed by atoms with Crippen LogP contribution in [-0.2, 0) is 12.7 Å². The van der Waals surface area contributed by atoms with Gasteiger partial charge >= 0.3 is 12.3 Å². The minimum Gasteiger partial charge on any atom is -0.439 e. The highest BCUT2D eigenvalue weighted by Crippen LogP contribution is 2.31. The summed E-state index contributed by atoms with van der Waals surface area (Å²) in [5, 5.41) is 13.0. The molecule has 1 aliphatic rings. The summed E-state index contributed by atoms with van der Waals surface area (Å²) < 4.78 is 50.7. The molecule has 1 amide bonds. The Kier molecular flexibility index (Phi) is 8.48. The monoisotopic (exact) mass is 537 g/mol. The Morgan fingerprint density at radius 3 is 2.43 bits per heavy atom. The Morgan fingerprint density at radius 1 is 1.11 bits per heavy atom. The van der Waals surface area contributed by atoms with Crippen molar-refractivity contribution < 1.29 is 27.4 Å². The molecule has 0 atom stereocenters. The minimum absolute atomic E-state index is 0.0187. The van der Waals surface area contributed by atoms with Gasteiger partial charge < -0.3 is 19.3 Å². The maximum Gasteiger partial charge on any atom is 0.417 e. The Balaban J connectivity index is 1.23. The van der Waals surface area contributed by atoms with Crippen molar-refractivity contribution in [2.75, 3.05) is 33.7 Å². The number of aromatic nitrogens is 5. The number of nitrogens with zero attached hydrogens (tertiary/aromatic N) is 7. The maximum atomic E-state index is 12.7. The second-order valence-corrected chi connectivity index (χ2v) is 9.88. The second-order valence-electron chi connectivity index (χ2n) is 8.62. The van der Waals surface area contributed by atoms with E-state index in [1.807, 2.05) is 14.1 Å². The zero-order valence-electron chi connectivity index (χ0n) is 20.3. The number of ether oxygens (including phenoxy) is 2. The molecule has 0 radical (unpaired) electrons. The molecule has 1 saturated heterocycles. The third kappa shape index (κ3) is 7.55. The van der Waals surface area contributed by atoms with Gasteiger partial charge in [0.05, 0.1) is 12.1 Å². The van der Waals surface area contributed by atoms with Gasteiger partial charge in [0, 0.05) is 37.1 Å². The molecule has 0 saturated carbocycles. The second kappa shape index (κ2) is 11.8. The molecule has 10 nitrogen and oxygen atoms in total. The first kappa shape index (κ1) is 26.7. The average molecular weight is 538 g/mol. The van der Waals surface area contributed by atoms with Crippen molar-refractivity contribution in [3.63, 3.8) is 0 Å². The van der Waals surface area contributed by atoms with Crippen LogP contribution in [0.1, 0.15) is 18.4 Å². The Hall–Kier alpha value is -3.39. The first-order valence-electron chi connectivity index (χ1n) is 11.5. The predicted octanol–water partition coefficient (Wildman–Crippen LogP) is 4.20. The lowest BCUT2D eigenvalue weighted by Crippen LogP contribution is -2.41. The lowest BCUT2D eigenvalue weighted by atomic mass is 10.1. The van der Waals surface area contributed by atoms with E-state index in [0.717, 1.165) is 36.7 Å². The van der Waals surface area contributed by atoms with Gasteiger partial charge in [-0.3, -0.25) is 0 Å². The molecule has 0 spiro atoms. The van der Waals surface area contributed by atoms with E-state index in [4.69, 9.17) is 9.47 Å². The van der Waals surface area contributed by atoms with Crippen LogP contribution in [-0.4, -0.2) is 80.1 Å². The number of likely N-dealkylation sites (N-methyl/N-ethyl adjacent to an activating group) is 1. The summed E-state index contributed by atoms with van der Waals surface area (Å²) in [6.07, 6.45) is -2.63. The molecule has 14 heteroatoms. The highest BCUT2D eigenvalue weighted by Gasteiger charge is 2.31. The number of pyridine rings is 1. The fourth-order valence-electron chi connectivity index (χ4n) is 3.49. The number of likely N-dealkylation sites (tertiary alicyclic amines) is 1. The highest BCUT2D eigenvalue weighted by atomic mass is 32.2. The normalized spacial score (nSPS) is 14.7. The third-order valence-corrected chi connectivity index (χ3v) is 6.85. The number of hydrogen-bond donors (Lipinski definition) is 0. The Bertz CT molecular complexity index is 1170. The smallest absolute Gasteiger partial charge is 0.417 e. The maximum absolute atomic E-state index is 12.7. The van der Waals surface area contributed by atoms with Gasteiger partial charge in [0.1, 0.15) is 11.5 Å². The highest BCUT2D eigenvalue weighted by molar-refractivity contribution is 7.99. The van der Waals surface area contributed by atoms with Gasteiger partial charge in [-0.1, -0.05) is 11.8 Å². The van der Waals surface area contributed by atoms with Crippen LogP contribution >= 0.6 is 11.8 Å². The van der Waals surface area contributed by atoms with Crippen molar-refractivity contribution >= 4 is 17.9 Å². The first-order valence-corrected chi connectivity index (χ1v) is 12.4. The van der Waals surface area contributed by atoms with Crippen LogP contribution in [0.3, 0.4) is 0 Å². The number of benzene rings is 1. The summed E-state index contributed by atoms with van der Waals surface area (Å²) in [5.74, 6) is 0.692. The van der Waals surface area contributed by atoms with Crippen LogP contribution in [0, 0.1) is 0 Å². The van der Waals surface area contributed by atoms with Gasteiger partial charge in [-0.2, -0.15) is 13.2 Å². The van der Waals surface area contributed by atoms with E-state index in [2.05, 4.69) is 25.4 Å². The van der Waals surface area contributed by atoms with Crippen LogP contribution in [0.25, 0.3) is 0 Å². The lowest BCUT2D eigenvalue weighted by Gasteiger charge is -2.30. The Morgan fingerprint density at radius 2 is 1.81 bits per heavy atom. The molecule has 0 aliphatic carbocycles. The van der Waals surface area contributed by atoms with Gasteiger partial charge in [0.25, 0.3) is 0 Å². The number of carbonyl (C=O) groups is 1. The molecule has 0 N–H and O–H groups in total. The molecule has 3 aromatic rings. The van der Waals surface area contributed by atoms with Gasteiger partial charge in [-0.15, -0.1) is 5.10 Å². The first-order chi connectivity index (χ1) is 17.7. The summed E-state index contributed by atoms with van der Waals surface area (Å²) in [7, 11) is 3.99. The van der Waals surface area contributed by atoms with Crippen LogP contribution in [0.2, 0.25) is 0 Å². The van der Waals surface area contributed by atoms with Crippen molar-refractivity contribution in [1.82, 2.24) is 35.0 Å². The van der Waals surface area contributed by atoms with E-state index in [-0.39, 0.29) is 5.88 Å². The molecule has 4 rings (SSSR count). The van der Waals surface area contributed by atoms with Crippen molar-refractivity contribution in [3.8, 4) is 17.4 Å². The summed E-state index contributed by atoms with van der Waals surface area (Å²) >= 11 is 1.63. The molecule has 0 bridgehead atoms. The fraction of sp³-hybridized carbons (Fsp3) is 0.435. The van der Waals surface area contributed by atoms with Crippen LogP contribution < -0.4 is 9.47 Å². The van der Waals surface area contributed by atoms with Crippen LogP contribution in [0.4, 0.5) is 18.0 Å². The fourth-order valence-corrected chi connectivity index (χ4v) is 4.57. The number of alkyl halides is 3. The lowest BCUT2D eigenvalue weighted by molar-refractivity contribution is -0.137. The summed E-state index contributed by atoms with van der Waals surface area (Å²) in [5.41, 5.74) is -0.856. The van der Waals surface area contributed by atoms with Gasteiger partial charge in [-0.25, -0.2) is 14.5 Å². The minimum atomic E-state index is -4.46. The van der Waals surface area contributed by atoms with Crippen LogP contribution in [0.5, 0.6) is 17.4 Å². The molecule has 1 fully saturated rings. The van der Waals surface area contributed by atoms with Crippen molar-refractivity contribution in [2.45, 2.75) is 36.0 Å². The zero-order valence-corrected chi connectivity index (χ0v) is 21.1. The standard InChI is InChI=1S/C23H26F3N7O3S/c1-31(2)13-14-33-21(28-29-30-33)37-19-9-11-32(12-10-19)22(34)36-18-6-4-17(5-7-18)35-20-8-3-16(15-27-20)23(24,25)26/h3-8,15,19H,9-14H2,1-2H3. The number of hydrogen-bond acceptors (Lipinski definition) is 9. The van der Waals surface area contributed by atoms with Gasteiger partial charge in [0.2, 0.25) is 11.0 Å². The van der Waals surface area contributed by atoms with E-state index < -0.39 is 17.8 Å². The summed E-state index contributed by atoms with van der Waals surface area (Å²) in [6, 6.07) is 8.23. The molecular formula is C23H26F3N7O3S. The zero-order chi connectivity index (χ0) is 26.4. The Labute approximate surface area is 215 Å².